The molecule has 0 unspecified atom stereocenters. The van der Waals surface area contributed by atoms with Crippen LogP contribution in [0.3, 0.4) is 0 Å². The molecule has 0 aliphatic carbocycles. The summed E-state index contributed by atoms with van der Waals surface area (Å²) in [6.45, 7) is -1.10. The van der Waals surface area contributed by atoms with Gasteiger partial charge in [0.25, 0.3) is 0 Å². The molecule has 0 fully saturated rings. The van der Waals surface area contributed by atoms with Gasteiger partial charge in [-0.15, -0.1) is 0 Å². The monoisotopic (exact) mass is 260 g/mol. The van der Waals surface area contributed by atoms with Crippen molar-refractivity contribution in [3.8, 4) is 0 Å². The minimum atomic E-state index is -4.76. The topological polar surface area (TPSA) is 133 Å². The first-order valence-corrected chi connectivity index (χ1v) is 5.73. The van der Waals surface area contributed by atoms with Gasteiger partial charge in [0.05, 0.1) is 13.2 Å². The van der Waals surface area contributed by atoms with Crippen LogP contribution in [0.2, 0.25) is 0 Å². The first-order valence-electron chi connectivity index (χ1n) is 3.06. The van der Waals surface area contributed by atoms with E-state index in [1.807, 2.05) is 0 Å². The summed E-state index contributed by atoms with van der Waals surface area (Å²) >= 11 is 0. The summed E-state index contributed by atoms with van der Waals surface area (Å²) in [5, 5.41) is 0. The molecule has 84 valence electrons. The van der Waals surface area contributed by atoms with Crippen LogP contribution in [0.5, 0.6) is 0 Å². The molecule has 0 radical (unpaired) electrons. The normalized spacial score (nSPS) is 11.9. The maximum Gasteiger partial charge on any atom is 1.00 e. The Bertz CT molecular complexity index is 346. The zero-order valence-corrected chi connectivity index (χ0v) is 10.3. The van der Waals surface area contributed by atoms with Crippen molar-refractivity contribution < 1.29 is 72.0 Å². The van der Waals surface area contributed by atoms with Crippen molar-refractivity contribution in [2.75, 3.05) is 13.2 Å². The molecule has 0 spiro atoms. The molecular weight excluding hydrogens is 254 g/mol. The van der Waals surface area contributed by atoms with Gasteiger partial charge in [-0.2, -0.15) is 0 Å². The van der Waals surface area contributed by atoms with Crippen LogP contribution in [-0.4, -0.2) is 39.2 Å². The average Bonchev–Trinajstić information content (AvgIpc) is 1.92. The van der Waals surface area contributed by atoms with Crippen molar-refractivity contribution in [2.45, 2.75) is 0 Å². The van der Waals surface area contributed by atoms with Crippen LogP contribution >= 0.6 is 0 Å². The van der Waals surface area contributed by atoms with Crippen LogP contribution in [0.4, 0.5) is 0 Å². The minimum Gasteiger partial charge on any atom is -0.726 e. The molecular formula is C4H6Li2O8S2. The second-order valence-electron chi connectivity index (χ2n) is 1.86. The maximum atomic E-state index is 9.83. The molecule has 16 heavy (non-hydrogen) atoms. The van der Waals surface area contributed by atoms with Crippen LogP contribution in [0.15, 0.2) is 12.2 Å². The van der Waals surface area contributed by atoms with E-state index in [1.54, 1.807) is 0 Å². The van der Waals surface area contributed by atoms with Gasteiger partial charge < -0.3 is 9.11 Å². The molecule has 0 N–H and O–H groups in total. The van der Waals surface area contributed by atoms with E-state index in [-0.39, 0.29) is 37.7 Å². The SMILES string of the molecule is O=S(=O)([O-])OCC=CCOS(=O)(=O)[O-].[Li+].[Li+]. The third kappa shape index (κ3) is 20.1. The fourth-order valence-corrected chi connectivity index (χ4v) is 0.872. The molecule has 0 rings (SSSR count). The molecule has 0 aromatic heterocycles. The van der Waals surface area contributed by atoms with Crippen molar-refractivity contribution in [3.05, 3.63) is 12.2 Å². The maximum absolute atomic E-state index is 9.83. The van der Waals surface area contributed by atoms with E-state index >= 15 is 0 Å². The molecule has 0 aromatic carbocycles. The molecule has 0 aromatic rings. The molecule has 0 saturated carbocycles. The first-order chi connectivity index (χ1) is 6.21. The average molecular weight is 260 g/mol. The van der Waals surface area contributed by atoms with Gasteiger partial charge in [0.1, 0.15) is 0 Å². The second-order valence-corrected chi connectivity index (χ2v) is 3.96. The van der Waals surface area contributed by atoms with Gasteiger partial charge >= 0.3 is 37.7 Å². The van der Waals surface area contributed by atoms with E-state index in [0.717, 1.165) is 12.2 Å². The van der Waals surface area contributed by atoms with E-state index in [0.29, 0.717) is 0 Å². The smallest absolute Gasteiger partial charge is 0.726 e. The quantitative estimate of drug-likeness (QED) is 0.199. The molecule has 0 aliphatic heterocycles. The molecule has 0 amide bonds. The van der Waals surface area contributed by atoms with Crippen molar-refractivity contribution >= 4 is 20.8 Å². The van der Waals surface area contributed by atoms with Crippen molar-refractivity contribution in [1.82, 2.24) is 0 Å². The molecule has 12 heteroatoms. The number of rotatable bonds is 6. The molecule has 0 saturated heterocycles. The molecule has 0 bridgehead atoms. The van der Waals surface area contributed by atoms with Crippen molar-refractivity contribution in [3.63, 3.8) is 0 Å². The predicted octanol–water partition coefficient (Wildman–Crippen LogP) is -7.50. The fourth-order valence-electron chi connectivity index (χ4n) is 0.381. The molecule has 0 atom stereocenters. The summed E-state index contributed by atoms with van der Waals surface area (Å²) in [7, 11) is -9.52. The van der Waals surface area contributed by atoms with Crippen molar-refractivity contribution in [1.29, 1.82) is 0 Å². The van der Waals surface area contributed by atoms with Gasteiger partial charge in [0.2, 0.25) is 20.8 Å². The van der Waals surface area contributed by atoms with Crippen LogP contribution in [0.1, 0.15) is 0 Å². The van der Waals surface area contributed by atoms with Gasteiger partial charge in [-0.25, -0.2) is 16.8 Å². The van der Waals surface area contributed by atoms with E-state index in [1.165, 1.54) is 0 Å². The fraction of sp³-hybridized carbons (Fsp3) is 0.500. The Balaban J connectivity index is -0.000000845. The van der Waals surface area contributed by atoms with Gasteiger partial charge in [0.15, 0.2) is 0 Å². The summed E-state index contributed by atoms with van der Waals surface area (Å²) in [4.78, 5) is 0. The minimum absolute atomic E-state index is 0. The molecule has 8 nitrogen and oxygen atoms in total. The number of hydrogen-bond donors (Lipinski definition) is 0. The third-order valence-corrected chi connectivity index (χ3v) is 1.63. The largest absolute Gasteiger partial charge is 1.00 e. The van der Waals surface area contributed by atoms with Crippen LogP contribution < -0.4 is 37.7 Å². The second kappa shape index (κ2) is 9.68. The van der Waals surface area contributed by atoms with Crippen molar-refractivity contribution in [2.24, 2.45) is 0 Å². The Morgan fingerprint density at radius 3 is 1.25 bits per heavy atom. The first kappa shape index (κ1) is 21.9. The van der Waals surface area contributed by atoms with Gasteiger partial charge in [0, 0.05) is 0 Å². The Morgan fingerprint density at radius 1 is 0.812 bits per heavy atom. The molecule has 0 heterocycles. The van der Waals surface area contributed by atoms with Crippen LogP contribution in [-0.2, 0) is 29.2 Å². The van der Waals surface area contributed by atoms with Crippen LogP contribution in [0, 0.1) is 0 Å². The van der Waals surface area contributed by atoms with Gasteiger partial charge in [-0.3, -0.25) is 8.37 Å². The number of hydrogen-bond acceptors (Lipinski definition) is 8. The third-order valence-electron chi connectivity index (χ3n) is 0.784. The molecule has 0 aliphatic rings. The summed E-state index contributed by atoms with van der Waals surface area (Å²) < 4.78 is 66.4. The summed E-state index contributed by atoms with van der Waals surface area (Å²) in [5.41, 5.74) is 0. The van der Waals surface area contributed by atoms with E-state index < -0.39 is 34.0 Å². The van der Waals surface area contributed by atoms with E-state index in [2.05, 4.69) is 8.37 Å². The predicted molar refractivity (Wildman–Crippen MR) is 40.4 cm³/mol. The van der Waals surface area contributed by atoms with Gasteiger partial charge in [-0.1, -0.05) is 12.2 Å². The van der Waals surface area contributed by atoms with Crippen LogP contribution in [0.25, 0.3) is 0 Å². The van der Waals surface area contributed by atoms with E-state index in [4.69, 9.17) is 0 Å². The zero-order valence-electron chi connectivity index (χ0n) is 8.65. The Morgan fingerprint density at radius 2 is 1.06 bits per heavy atom. The standard InChI is InChI=1S/C4H8O8S2.2Li/c5-13(6,7)11-3-1-2-4-12-14(8,9)10;;/h1-2H,3-4H2,(H,5,6,7)(H,8,9,10);;/q;2*+1/p-2. The Hall–Kier alpha value is 0.675. The summed E-state index contributed by atoms with van der Waals surface area (Å²) in [6, 6.07) is 0. The van der Waals surface area contributed by atoms with E-state index in [9.17, 15) is 25.9 Å². The Kier molecular flexibility index (Phi) is 13.3. The summed E-state index contributed by atoms with van der Waals surface area (Å²) in [5.74, 6) is 0. The summed E-state index contributed by atoms with van der Waals surface area (Å²) in [6.07, 6.45) is 2.03. The Labute approximate surface area is 118 Å². The zero-order chi connectivity index (χ0) is 11.2. The van der Waals surface area contributed by atoms with Gasteiger partial charge in [-0.05, 0) is 0 Å².